The summed E-state index contributed by atoms with van der Waals surface area (Å²) in [4.78, 5) is 4.01. The van der Waals surface area contributed by atoms with Crippen molar-refractivity contribution in [2.24, 2.45) is 0 Å². The predicted molar refractivity (Wildman–Crippen MR) is 52.2 cm³/mol. The van der Waals surface area contributed by atoms with Gasteiger partial charge in [-0.1, -0.05) is 0 Å². The van der Waals surface area contributed by atoms with E-state index >= 15 is 0 Å². The van der Waals surface area contributed by atoms with E-state index < -0.39 is 10.0 Å². The molecule has 0 amide bonds. The summed E-state index contributed by atoms with van der Waals surface area (Å²) in [6.07, 6.45) is 4.73. The molecular weight excluding hydrogens is 200 g/mol. The molecule has 2 rings (SSSR count). The van der Waals surface area contributed by atoms with E-state index in [4.69, 9.17) is 0 Å². The first kappa shape index (κ1) is 9.61. The van der Waals surface area contributed by atoms with Gasteiger partial charge in [0.15, 0.2) is 0 Å². The van der Waals surface area contributed by atoms with E-state index in [1.54, 1.807) is 18.3 Å². The Kier molecular flexibility index (Phi) is 2.08. The number of nitrogens with zero attached hydrogens (tertiary/aromatic N) is 1. The largest absolute Gasteiger partial charge is 0.263 e. The van der Waals surface area contributed by atoms with E-state index in [1.165, 1.54) is 6.20 Å². The molecule has 5 heteroatoms. The van der Waals surface area contributed by atoms with Crippen LogP contribution in [0.4, 0.5) is 0 Å². The van der Waals surface area contributed by atoms with Gasteiger partial charge in [-0.15, -0.1) is 0 Å². The van der Waals surface area contributed by atoms with Crippen molar-refractivity contribution < 1.29 is 8.42 Å². The van der Waals surface area contributed by atoms with Gasteiger partial charge >= 0.3 is 0 Å². The van der Waals surface area contributed by atoms with Gasteiger partial charge in [-0.05, 0) is 31.9 Å². The lowest BCUT2D eigenvalue weighted by molar-refractivity contribution is 0.557. The Hall–Kier alpha value is -0.940. The molecule has 1 aliphatic carbocycles. The number of hydrogen-bond acceptors (Lipinski definition) is 3. The summed E-state index contributed by atoms with van der Waals surface area (Å²) in [5.41, 5.74) is -0.228. The maximum absolute atomic E-state index is 11.7. The van der Waals surface area contributed by atoms with Gasteiger partial charge in [0.1, 0.15) is 4.90 Å². The summed E-state index contributed by atoms with van der Waals surface area (Å²) >= 11 is 0. The first-order chi connectivity index (χ1) is 6.52. The quantitative estimate of drug-likeness (QED) is 0.810. The fraction of sp³-hybridized carbons (Fsp3) is 0.444. The molecule has 1 heterocycles. The Morgan fingerprint density at radius 2 is 2.21 bits per heavy atom. The van der Waals surface area contributed by atoms with Gasteiger partial charge in [0.2, 0.25) is 10.0 Å². The van der Waals surface area contributed by atoms with Crippen molar-refractivity contribution in [3.8, 4) is 0 Å². The molecule has 1 aliphatic rings. The third-order valence-corrected chi connectivity index (χ3v) is 3.95. The summed E-state index contributed by atoms with van der Waals surface area (Å²) < 4.78 is 26.1. The van der Waals surface area contributed by atoms with Crippen LogP contribution in [0.3, 0.4) is 0 Å². The lowest BCUT2D eigenvalue weighted by atomic mass is 10.4. The number of hydrogen-bond donors (Lipinski definition) is 1. The first-order valence-corrected chi connectivity index (χ1v) is 5.94. The molecule has 1 aromatic rings. The molecule has 1 fully saturated rings. The highest BCUT2D eigenvalue weighted by atomic mass is 32.2. The minimum Gasteiger partial charge on any atom is -0.263 e. The molecule has 0 unspecified atom stereocenters. The van der Waals surface area contributed by atoms with E-state index in [9.17, 15) is 8.42 Å². The number of rotatable bonds is 3. The van der Waals surface area contributed by atoms with Crippen molar-refractivity contribution in [1.29, 1.82) is 0 Å². The Bertz CT molecular complexity index is 423. The van der Waals surface area contributed by atoms with Gasteiger partial charge in [-0.2, -0.15) is 0 Å². The molecule has 0 spiro atoms. The average molecular weight is 212 g/mol. The van der Waals surface area contributed by atoms with Gasteiger partial charge in [-0.25, -0.2) is 13.1 Å². The molecule has 0 atom stereocenters. The Morgan fingerprint density at radius 3 is 2.71 bits per heavy atom. The normalized spacial score (nSPS) is 19.2. The monoisotopic (exact) mass is 212 g/mol. The van der Waals surface area contributed by atoms with E-state index in [0.717, 1.165) is 12.8 Å². The van der Waals surface area contributed by atoms with E-state index in [0.29, 0.717) is 0 Å². The van der Waals surface area contributed by atoms with Crippen LogP contribution in [-0.4, -0.2) is 18.9 Å². The van der Waals surface area contributed by atoms with Crippen LogP contribution >= 0.6 is 0 Å². The van der Waals surface area contributed by atoms with Crippen molar-refractivity contribution in [3.63, 3.8) is 0 Å². The number of nitrogens with one attached hydrogen (secondary N) is 1. The second kappa shape index (κ2) is 3.03. The van der Waals surface area contributed by atoms with Crippen molar-refractivity contribution >= 4 is 10.0 Å². The van der Waals surface area contributed by atoms with Crippen molar-refractivity contribution in [3.05, 3.63) is 24.5 Å². The SMILES string of the molecule is CC1(NS(=O)(=O)c2cccnc2)CC1. The zero-order valence-electron chi connectivity index (χ0n) is 7.90. The van der Waals surface area contributed by atoms with Crippen LogP contribution in [0.5, 0.6) is 0 Å². The Labute approximate surface area is 83.4 Å². The second-order valence-electron chi connectivity index (χ2n) is 3.85. The molecule has 1 N–H and O–H groups in total. The molecular formula is C9H12N2O2S. The van der Waals surface area contributed by atoms with Crippen LogP contribution in [0.25, 0.3) is 0 Å². The smallest absolute Gasteiger partial charge is 0.242 e. The second-order valence-corrected chi connectivity index (χ2v) is 5.54. The molecule has 0 saturated heterocycles. The van der Waals surface area contributed by atoms with Crippen LogP contribution in [0.15, 0.2) is 29.4 Å². The average Bonchev–Trinajstić information content (AvgIpc) is 2.84. The zero-order valence-corrected chi connectivity index (χ0v) is 8.71. The molecule has 1 saturated carbocycles. The lowest BCUT2D eigenvalue weighted by Gasteiger charge is -2.11. The van der Waals surface area contributed by atoms with Crippen LogP contribution in [0, 0.1) is 0 Å². The number of aromatic nitrogens is 1. The summed E-state index contributed by atoms with van der Waals surface area (Å²) in [5, 5.41) is 0. The highest BCUT2D eigenvalue weighted by Gasteiger charge is 2.41. The van der Waals surface area contributed by atoms with Gasteiger partial charge in [0, 0.05) is 17.9 Å². The number of pyridine rings is 1. The van der Waals surface area contributed by atoms with Gasteiger partial charge < -0.3 is 0 Å². The highest BCUT2D eigenvalue weighted by Crippen LogP contribution is 2.35. The molecule has 76 valence electrons. The molecule has 0 aromatic carbocycles. The summed E-state index contributed by atoms with van der Waals surface area (Å²) in [5.74, 6) is 0. The van der Waals surface area contributed by atoms with E-state index in [2.05, 4.69) is 9.71 Å². The first-order valence-electron chi connectivity index (χ1n) is 4.46. The summed E-state index contributed by atoms with van der Waals surface area (Å²) in [7, 11) is -3.37. The highest BCUT2D eigenvalue weighted by molar-refractivity contribution is 7.89. The standard InChI is InChI=1S/C9H12N2O2S/c1-9(4-5-9)11-14(12,13)8-3-2-6-10-7-8/h2-3,6-7,11H,4-5H2,1H3. The van der Waals surface area contributed by atoms with Crippen molar-refractivity contribution in [2.75, 3.05) is 0 Å². The van der Waals surface area contributed by atoms with Crippen LogP contribution < -0.4 is 4.72 Å². The summed E-state index contributed by atoms with van der Waals surface area (Å²) in [6, 6.07) is 3.16. The Morgan fingerprint density at radius 1 is 1.50 bits per heavy atom. The van der Waals surface area contributed by atoms with Crippen LogP contribution in [0.1, 0.15) is 19.8 Å². The Balaban J connectivity index is 2.25. The van der Waals surface area contributed by atoms with Gasteiger partial charge in [0.05, 0.1) is 0 Å². The fourth-order valence-corrected chi connectivity index (χ4v) is 2.61. The summed E-state index contributed by atoms with van der Waals surface area (Å²) in [6.45, 7) is 1.90. The van der Waals surface area contributed by atoms with E-state index in [1.807, 2.05) is 6.92 Å². The third-order valence-electron chi connectivity index (χ3n) is 2.33. The fourth-order valence-electron chi connectivity index (χ4n) is 1.18. The van der Waals surface area contributed by atoms with Crippen LogP contribution in [0.2, 0.25) is 0 Å². The molecule has 1 aromatic heterocycles. The number of sulfonamides is 1. The minimum absolute atomic E-state index is 0.228. The van der Waals surface area contributed by atoms with Crippen molar-refractivity contribution in [1.82, 2.24) is 9.71 Å². The minimum atomic E-state index is -3.37. The van der Waals surface area contributed by atoms with Gasteiger partial charge in [0.25, 0.3) is 0 Å². The molecule has 4 nitrogen and oxygen atoms in total. The maximum Gasteiger partial charge on any atom is 0.242 e. The van der Waals surface area contributed by atoms with Gasteiger partial charge in [-0.3, -0.25) is 4.98 Å². The molecule has 0 bridgehead atoms. The molecule has 0 aliphatic heterocycles. The van der Waals surface area contributed by atoms with Crippen molar-refractivity contribution in [2.45, 2.75) is 30.2 Å². The molecule has 14 heavy (non-hydrogen) atoms. The maximum atomic E-state index is 11.7. The zero-order chi connectivity index (χ0) is 10.2. The topological polar surface area (TPSA) is 59.1 Å². The predicted octanol–water partition coefficient (Wildman–Crippen LogP) is 0.912. The third kappa shape index (κ3) is 1.93. The van der Waals surface area contributed by atoms with E-state index in [-0.39, 0.29) is 10.4 Å². The van der Waals surface area contributed by atoms with Crippen LogP contribution in [-0.2, 0) is 10.0 Å². The lowest BCUT2D eigenvalue weighted by Crippen LogP contribution is -2.34. The molecule has 0 radical (unpaired) electrons.